The van der Waals surface area contributed by atoms with Crippen LogP contribution in [0.25, 0.3) is 44.5 Å². The first kappa shape index (κ1) is 31.1. The summed E-state index contributed by atoms with van der Waals surface area (Å²) in [4.78, 5) is 8.97. The van der Waals surface area contributed by atoms with Crippen molar-refractivity contribution in [3.63, 3.8) is 0 Å². The average molecular weight is 751 g/mol. The van der Waals surface area contributed by atoms with Crippen molar-refractivity contribution in [2.75, 3.05) is 0 Å². The molecule has 3 nitrogen and oxygen atoms in total. The predicted octanol–water partition coefficient (Wildman–Crippen LogP) is 10.2. The van der Waals surface area contributed by atoms with Crippen molar-refractivity contribution in [3.8, 4) is 22.5 Å². The van der Waals surface area contributed by atoms with Gasteiger partial charge in [-0.05, 0) is 59.0 Å². The van der Waals surface area contributed by atoms with Crippen molar-refractivity contribution < 1.29 is 24.5 Å². The Morgan fingerprint density at radius 1 is 0.614 bits per heavy atom. The number of hydrogen-bond acceptors (Lipinski definition) is 3. The monoisotopic (exact) mass is 751 g/mol. The van der Waals surface area contributed by atoms with Gasteiger partial charge in [-0.1, -0.05) is 92.4 Å². The zero-order valence-corrected chi connectivity index (χ0v) is 27.6. The maximum absolute atomic E-state index is 5.88. The molecular weight excluding hydrogens is 717 g/mol. The van der Waals surface area contributed by atoms with E-state index in [-0.39, 0.29) is 25.5 Å². The van der Waals surface area contributed by atoms with Crippen molar-refractivity contribution >= 4 is 21.9 Å². The van der Waals surface area contributed by atoms with Gasteiger partial charge < -0.3 is 14.4 Å². The molecule has 221 valence electrons. The molecule has 7 rings (SSSR count). The molecule has 4 heteroatoms. The van der Waals surface area contributed by atoms with Crippen LogP contribution in [0.5, 0.6) is 0 Å². The van der Waals surface area contributed by atoms with Crippen molar-refractivity contribution in [1.29, 1.82) is 0 Å². The third-order valence-electron chi connectivity index (χ3n) is 7.21. The van der Waals surface area contributed by atoms with Gasteiger partial charge in [0.1, 0.15) is 5.58 Å². The van der Waals surface area contributed by atoms with E-state index in [1.807, 2.05) is 67.0 Å². The Morgan fingerprint density at radius 3 is 2.05 bits per heavy atom. The fourth-order valence-corrected chi connectivity index (χ4v) is 5.28. The largest absolute Gasteiger partial charge is 0.500 e. The zero-order chi connectivity index (χ0) is 29.6. The standard InChI is InChI=1S/C22H20NO.C18H14N.Ir/c1-22(2,3)14-15-10-11-23-19(12-15)16-8-9-21-18(13-16)17-6-4-5-7-20(17)24-21;1-3-7-15(8-4-1)13-16-11-12-19-18(14-16)17-9-5-2-6-10-17;/h4-7,9-13H,14H2,1-3H3;1-9,11-12,14H,13H2;/q2*-1;. The number of rotatable bonds is 5. The summed E-state index contributed by atoms with van der Waals surface area (Å²) in [5.41, 5.74) is 9.91. The van der Waals surface area contributed by atoms with Crippen molar-refractivity contribution in [2.24, 2.45) is 5.41 Å². The van der Waals surface area contributed by atoms with Crippen LogP contribution in [0.1, 0.15) is 37.5 Å². The Kier molecular flexibility index (Phi) is 9.85. The van der Waals surface area contributed by atoms with Crippen LogP contribution in [0, 0.1) is 17.5 Å². The molecule has 0 aliphatic carbocycles. The number of benzene rings is 4. The van der Waals surface area contributed by atoms with Gasteiger partial charge in [0.25, 0.3) is 0 Å². The van der Waals surface area contributed by atoms with Crippen LogP contribution in [-0.4, -0.2) is 9.97 Å². The number of fused-ring (bicyclic) bond motifs is 3. The van der Waals surface area contributed by atoms with Crippen LogP contribution >= 0.6 is 0 Å². The first-order chi connectivity index (χ1) is 20.9. The Hall–Kier alpha value is -4.37. The predicted molar refractivity (Wildman–Crippen MR) is 177 cm³/mol. The SMILES string of the molecule is CC(C)(C)Cc1ccnc(-c2[c-]cc3oc4ccccc4c3c2)c1.[Ir].[c-]1ccccc1-c1cc(Cc2ccccc2)ccn1. The van der Waals surface area contributed by atoms with E-state index in [1.165, 1.54) is 16.7 Å². The summed E-state index contributed by atoms with van der Waals surface area (Å²) in [7, 11) is 0. The molecule has 0 fully saturated rings. The van der Waals surface area contributed by atoms with Gasteiger partial charge in [0.05, 0.1) is 5.58 Å². The molecule has 0 unspecified atom stereocenters. The van der Waals surface area contributed by atoms with E-state index >= 15 is 0 Å². The number of hydrogen-bond donors (Lipinski definition) is 0. The van der Waals surface area contributed by atoms with Gasteiger partial charge in [-0.2, -0.15) is 0 Å². The fraction of sp³-hybridized carbons (Fsp3) is 0.150. The molecule has 0 N–H and O–H groups in total. The molecule has 0 bridgehead atoms. The second kappa shape index (κ2) is 13.9. The topological polar surface area (TPSA) is 38.9 Å². The van der Waals surface area contributed by atoms with Gasteiger partial charge >= 0.3 is 0 Å². The molecule has 7 aromatic rings. The van der Waals surface area contributed by atoms with Crippen LogP contribution in [0.4, 0.5) is 0 Å². The normalized spacial score (nSPS) is 11.1. The summed E-state index contributed by atoms with van der Waals surface area (Å²) < 4.78 is 5.88. The second-order valence-electron chi connectivity index (χ2n) is 12.0. The number of aromatic nitrogens is 2. The molecule has 0 aliphatic rings. The van der Waals surface area contributed by atoms with Crippen LogP contribution in [0.2, 0.25) is 0 Å². The number of pyridine rings is 2. The number of para-hydroxylation sites is 1. The van der Waals surface area contributed by atoms with E-state index < -0.39 is 0 Å². The minimum Gasteiger partial charge on any atom is -0.500 e. The molecule has 1 radical (unpaired) electrons. The molecule has 3 heterocycles. The van der Waals surface area contributed by atoms with Gasteiger partial charge in [-0.15, -0.1) is 59.7 Å². The Labute approximate surface area is 273 Å². The summed E-state index contributed by atoms with van der Waals surface area (Å²) in [6.07, 6.45) is 5.72. The van der Waals surface area contributed by atoms with E-state index in [9.17, 15) is 0 Å². The van der Waals surface area contributed by atoms with E-state index in [4.69, 9.17) is 4.42 Å². The smallest absolute Gasteiger partial charge is 0.120 e. The number of nitrogens with zero attached hydrogens (tertiary/aromatic N) is 2. The maximum atomic E-state index is 5.88. The van der Waals surface area contributed by atoms with Crippen molar-refractivity contribution in [1.82, 2.24) is 9.97 Å². The van der Waals surface area contributed by atoms with Gasteiger partial charge in [0.2, 0.25) is 0 Å². The first-order valence-corrected chi connectivity index (χ1v) is 14.7. The van der Waals surface area contributed by atoms with Crippen LogP contribution in [0.3, 0.4) is 0 Å². The van der Waals surface area contributed by atoms with Gasteiger partial charge in [0, 0.05) is 37.9 Å². The minimum atomic E-state index is 0. The molecule has 0 saturated heterocycles. The first-order valence-electron chi connectivity index (χ1n) is 14.7. The van der Waals surface area contributed by atoms with Gasteiger partial charge in [0.15, 0.2) is 0 Å². The minimum absolute atomic E-state index is 0. The summed E-state index contributed by atoms with van der Waals surface area (Å²) in [6, 6.07) is 45.6. The van der Waals surface area contributed by atoms with Crippen molar-refractivity contribution in [3.05, 3.63) is 156 Å². The van der Waals surface area contributed by atoms with E-state index in [0.29, 0.717) is 0 Å². The van der Waals surface area contributed by atoms with Gasteiger partial charge in [-0.25, -0.2) is 0 Å². The maximum Gasteiger partial charge on any atom is 0.120 e. The molecule has 3 aromatic heterocycles. The quantitative estimate of drug-likeness (QED) is 0.165. The molecule has 44 heavy (non-hydrogen) atoms. The molecule has 4 aromatic carbocycles. The zero-order valence-electron chi connectivity index (χ0n) is 25.2. The summed E-state index contributed by atoms with van der Waals surface area (Å²) in [5.74, 6) is 0. The molecule has 0 saturated carbocycles. The van der Waals surface area contributed by atoms with Crippen LogP contribution in [-0.2, 0) is 32.9 Å². The third-order valence-corrected chi connectivity index (χ3v) is 7.21. The second-order valence-corrected chi connectivity index (χ2v) is 12.0. The summed E-state index contributed by atoms with van der Waals surface area (Å²) in [5, 5.41) is 2.25. The fourth-order valence-electron chi connectivity index (χ4n) is 5.28. The number of furan rings is 1. The third kappa shape index (κ3) is 7.77. The summed E-state index contributed by atoms with van der Waals surface area (Å²) >= 11 is 0. The average Bonchev–Trinajstić information content (AvgIpc) is 3.40. The Morgan fingerprint density at radius 2 is 1.30 bits per heavy atom. The molecule has 0 aliphatic heterocycles. The van der Waals surface area contributed by atoms with E-state index in [1.54, 1.807) is 0 Å². The van der Waals surface area contributed by atoms with Gasteiger partial charge in [-0.3, -0.25) is 0 Å². The van der Waals surface area contributed by atoms with Crippen molar-refractivity contribution in [2.45, 2.75) is 33.6 Å². The molecule has 0 atom stereocenters. The van der Waals surface area contributed by atoms with Crippen LogP contribution < -0.4 is 0 Å². The summed E-state index contributed by atoms with van der Waals surface area (Å²) in [6.45, 7) is 6.76. The molecule has 0 spiro atoms. The Balaban J connectivity index is 0.000000175. The molecular formula is C40H34IrN2O-2. The molecule has 0 amide bonds. The van der Waals surface area contributed by atoms with Crippen LogP contribution in [0.15, 0.2) is 132 Å². The van der Waals surface area contributed by atoms with E-state index in [2.05, 4.69) is 104 Å². The van der Waals surface area contributed by atoms with E-state index in [0.717, 1.165) is 57.3 Å². The Bertz CT molecular complexity index is 1960.